The number of rotatable bonds is 5. The zero-order valence-electron chi connectivity index (χ0n) is 10.3. The highest BCUT2D eigenvalue weighted by molar-refractivity contribution is 9.10. The molecular formula is C14H14BrClN2O. The first-order chi connectivity index (χ1) is 9.19. The molecular weight excluding hydrogens is 328 g/mol. The van der Waals surface area contributed by atoms with Crippen molar-refractivity contribution in [3.63, 3.8) is 0 Å². The normalized spacial score (nSPS) is 10.5. The zero-order chi connectivity index (χ0) is 13.7. The molecule has 0 saturated carbocycles. The van der Waals surface area contributed by atoms with E-state index in [-0.39, 0.29) is 0 Å². The van der Waals surface area contributed by atoms with Gasteiger partial charge in [0.15, 0.2) is 0 Å². The zero-order valence-corrected chi connectivity index (χ0v) is 12.6. The molecule has 0 aliphatic heterocycles. The second-order valence-electron chi connectivity index (χ2n) is 4.09. The van der Waals surface area contributed by atoms with E-state index < -0.39 is 0 Å². The third-order valence-corrected chi connectivity index (χ3v) is 3.26. The van der Waals surface area contributed by atoms with Crippen LogP contribution in [-0.2, 0) is 13.0 Å². The second kappa shape index (κ2) is 6.89. The van der Waals surface area contributed by atoms with Gasteiger partial charge in [0.05, 0.1) is 0 Å². The lowest BCUT2D eigenvalue weighted by atomic mass is 10.1. The van der Waals surface area contributed by atoms with Crippen molar-refractivity contribution in [1.82, 2.24) is 4.98 Å². The second-order valence-corrected chi connectivity index (χ2v) is 5.44. The highest BCUT2D eigenvalue weighted by Crippen LogP contribution is 2.24. The van der Waals surface area contributed by atoms with Crippen LogP contribution in [0.4, 0.5) is 0 Å². The third-order valence-electron chi connectivity index (χ3n) is 2.59. The van der Waals surface area contributed by atoms with Crippen LogP contribution in [0.1, 0.15) is 11.1 Å². The molecule has 0 amide bonds. The number of hydrogen-bond acceptors (Lipinski definition) is 3. The lowest BCUT2D eigenvalue weighted by Crippen LogP contribution is -2.05. The van der Waals surface area contributed by atoms with Gasteiger partial charge in [0.2, 0.25) is 0 Å². The summed E-state index contributed by atoms with van der Waals surface area (Å²) in [6.45, 7) is 1.03. The number of aromatic nitrogens is 1. The van der Waals surface area contributed by atoms with Crippen molar-refractivity contribution in [2.24, 2.45) is 5.73 Å². The number of nitrogens with two attached hydrogens (primary N) is 1. The van der Waals surface area contributed by atoms with Crippen LogP contribution in [0.2, 0.25) is 5.02 Å². The van der Waals surface area contributed by atoms with Crippen molar-refractivity contribution in [3.8, 4) is 5.75 Å². The van der Waals surface area contributed by atoms with Gasteiger partial charge >= 0.3 is 0 Å². The Morgan fingerprint density at radius 2 is 2.11 bits per heavy atom. The van der Waals surface area contributed by atoms with Crippen molar-refractivity contribution in [3.05, 3.63) is 57.3 Å². The fourth-order valence-electron chi connectivity index (χ4n) is 1.74. The Hall–Kier alpha value is -1.10. The fourth-order valence-corrected chi connectivity index (χ4v) is 2.34. The summed E-state index contributed by atoms with van der Waals surface area (Å²) < 4.78 is 6.75. The Morgan fingerprint density at radius 3 is 2.84 bits per heavy atom. The standard InChI is InChI=1S/C14H14BrClN2O/c15-12-5-10(7-18-8-12)9-19-14-2-1-13(16)6-11(14)3-4-17/h1-2,5-8H,3-4,9,17H2. The lowest BCUT2D eigenvalue weighted by molar-refractivity contribution is 0.302. The van der Waals surface area contributed by atoms with E-state index in [4.69, 9.17) is 22.1 Å². The van der Waals surface area contributed by atoms with Gasteiger partial charge < -0.3 is 10.5 Å². The minimum Gasteiger partial charge on any atom is -0.489 e. The summed E-state index contributed by atoms with van der Waals surface area (Å²) in [5.41, 5.74) is 7.62. The number of pyridine rings is 1. The van der Waals surface area contributed by atoms with Crippen LogP contribution in [0.25, 0.3) is 0 Å². The van der Waals surface area contributed by atoms with Crippen LogP contribution >= 0.6 is 27.5 Å². The van der Waals surface area contributed by atoms with Gasteiger partial charge in [0.1, 0.15) is 12.4 Å². The largest absolute Gasteiger partial charge is 0.489 e. The van der Waals surface area contributed by atoms with Gasteiger partial charge in [-0.1, -0.05) is 11.6 Å². The molecule has 3 nitrogen and oxygen atoms in total. The van der Waals surface area contributed by atoms with Gasteiger partial charge in [-0.2, -0.15) is 0 Å². The molecule has 1 aromatic heterocycles. The number of ether oxygens (including phenoxy) is 1. The quantitative estimate of drug-likeness (QED) is 0.904. The van der Waals surface area contributed by atoms with Crippen molar-refractivity contribution >= 4 is 27.5 Å². The number of halogens is 2. The Bertz CT molecular complexity index is 563. The molecule has 0 atom stereocenters. The predicted molar refractivity (Wildman–Crippen MR) is 80.5 cm³/mol. The smallest absolute Gasteiger partial charge is 0.123 e. The summed E-state index contributed by atoms with van der Waals surface area (Å²) in [5.74, 6) is 0.815. The molecule has 2 rings (SSSR count). The van der Waals surface area contributed by atoms with Crippen LogP contribution in [0, 0.1) is 0 Å². The summed E-state index contributed by atoms with van der Waals surface area (Å²) in [6, 6.07) is 7.56. The molecule has 2 N–H and O–H groups in total. The minimum atomic E-state index is 0.464. The van der Waals surface area contributed by atoms with Gasteiger partial charge in [0.25, 0.3) is 0 Å². The van der Waals surface area contributed by atoms with E-state index in [0.717, 1.165) is 27.8 Å². The van der Waals surface area contributed by atoms with Gasteiger partial charge in [-0.15, -0.1) is 0 Å². The molecule has 2 aromatic rings. The van der Waals surface area contributed by atoms with Gasteiger partial charge in [-0.05, 0) is 58.7 Å². The first-order valence-electron chi connectivity index (χ1n) is 5.90. The SMILES string of the molecule is NCCc1cc(Cl)ccc1OCc1cncc(Br)c1. The van der Waals surface area contributed by atoms with Crippen LogP contribution < -0.4 is 10.5 Å². The third kappa shape index (κ3) is 4.20. The van der Waals surface area contributed by atoms with E-state index in [2.05, 4.69) is 20.9 Å². The first kappa shape index (κ1) is 14.3. The van der Waals surface area contributed by atoms with Crippen molar-refractivity contribution in [1.29, 1.82) is 0 Å². The summed E-state index contributed by atoms with van der Waals surface area (Å²) >= 11 is 9.36. The lowest BCUT2D eigenvalue weighted by Gasteiger charge is -2.11. The molecule has 0 saturated heterocycles. The van der Waals surface area contributed by atoms with Gasteiger partial charge in [-0.25, -0.2) is 0 Å². The average molecular weight is 342 g/mol. The molecule has 0 bridgehead atoms. The van der Waals surface area contributed by atoms with Crippen LogP contribution in [0.15, 0.2) is 41.1 Å². The Morgan fingerprint density at radius 1 is 1.26 bits per heavy atom. The van der Waals surface area contributed by atoms with Gasteiger partial charge in [0, 0.05) is 27.5 Å². The molecule has 0 spiro atoms. The van der Waals surface area contributed by atoms with Crippen LogP contribution in [-0.4, -0.2) is 11.5 Å². The highest BCUT2D eigenvalue weighted by atomic mass is 79.9. The first-order valence-corrected chi connectivity index (χ1v) is 7.07. The summed E-state index contributed by atoms with van der Waals surface area (Å²) in [6.07, 6.45) is 4.27. The number of hydrogen-bond donors (Lipinski definition) is 1. The molecule has 19 heavy (non-hydrogen) atoms. The topological polar surface area (TPSA) is 48.1 Å². The van der Waals surface area contributed by atoms with Gasteiger partial charge in [-0.3, -0.25) is 4.98 Å². The van der Waals surface area contributed by atoms with E-state index in [1.165, 1.54) is 0 Å². The maximum Gasteiger partial charge on any atom is 0.123 e. The molecule has 1 heterocycles. The molecule has 0 radical (unpaired) electrons. The van der Waals surface area contributed by atoms with E-state index in [1.807, 2.05) is 24.3 Å². The predicted octanol–water partition coefficient (Wildman–Crippen LogP) is 3.58. The average Bonchev–Trinajstić information content (AvgIpc) is 2.38. The molecule has 1 aromatic carbocycles. The fraction of sp³-hybridized carbons (Fsp3) is 0.214. The minimum absolute atomic E-state index is 0.464. The number of nitrogens with zero attached hydrogens (tertiary/aromatic N) is 1. The summed E-state index contributed by atoms with van der Waals surface area (Å²) in [4.78, 5) is 4.10. The monoisotopic (exact) mass is 340 g/mol. The maximum atomic E-state index is 5.98. The molecule has 5 heteroatoms. The van der Waals surface area contributed by atoms with Crippen molar-refractivity contribution < 1.29 is 4.74 Å². The van der Waals surface area contributed by atoms with E-state index in [0.29, 0.717) is 18.2 Å². The number of benzene rings is 1. The van der Waals surface area contributed by atoms with E-state index in [1.54, 1.807) is 12.4 Å². The maximum absolute atomic E-state index is 5.98. The van der Waals surface area contributed by atoms with Crippen molar-refractivity contribution in [2.75, 3.05) is 6.54 Å². The van der Waals surface area contributed by atoms with E-state index in [9.17, 15) is 0 Å². The molecule has 100 valence electrons. The Balaban J connectivity index is 2.10. The van der Waals surface area contributed by atoms with Crippen molar-refractivity contribution in [2.45, 2.75) is 13.0 Å². The molecule has 0 aliphatic rings. The summed E-state index contributed by atoms with van der Waals surface area (Å²) in [5, 5.41) is 0.694. The summed E-state index contributed by atoms with van der Waals surface area (Å²) in [7, 11) is 0. The molecule has 0 unspecified atom stereocenters. The highest BCUT2D eigenvalue weighted by Gasteiger charge is 2.05. The van der Waals surface area contributed by atoms with E-state index >= 15 is 0 Å². The Kier molecular flexibility index (Phi) is 5.19. The molecule has 0 aliphatic carbocycles. The Labute approximate surface area is 125 Å². The van der Waals surface area contributed by atoms with Crippen LogP contribution in [0.3, 0.4) is 0 Å². The molecule has 0 fully saturated rings. The van der Waals surface area contributed by atoms with Crippen LogP contribution in [0.5, 0.6) is 5.75 Å².